The fourth-order valence-electron chi connectivity index (χ4n) is 2.34. The normalized spacial score (nSPS) is 12.2. The average Bonchev–Trinajstić information content (AvgIpc) is 2.48. The van der Waals surface area contributed by atoms with Gasteiger partial charge in [0.2, 0.25) is 0 Å². The first-order valence-corrected chi connectivity index (χ1v) is 7.69. The SMILES string of the molecule is CCNC(c1ccc(OC)cc1F)c1cc(C)ccc1Br. The van der Waals surface area contributed by atoms with Crippen LogP contribution in [0.5, 0.6) is 5.75 Å². The summed E-state index contributed by atoms with van der Waals surface area (Å²) in [5.41, 5.74) is 2.79. The maximum Gasteiger partial charge on any atom is 0.132 e. The van der Waals surface area contributed by atoms with Crippen LogP contribution in [0.4, 0.5) is 4.39 Å². The zero-order valence-electron chi connectivity index (χ0n) is 12.4. The summed E-state index contributed by atoms with van der Waals surface area (Å²) >= 11 is 3.56. The first-order valence-electron chi connectivity index (χ1n) is 6.89. The van der Waals surface area contributed by atoms with Crippen LogP contribution in [0.3, 0.4) is 0 Å². The van der Waals surface area contributed by atoms with E-state index < -0.39 is 0 Å². The molecule has 21 heavy (non-hydrogen) atoms. The number of ether oxygens (including phenoxy) is 1. The molecule has 1 atom stereocenters. The van der Waals surface area contributed by atoms with Crippen LogP contribution in [0, 0.1) is 12.7 Å². The molecule has 2 rings (SSSR count). The van der Waals surface area contributed by atoms with Gasteiger partial charge in [-0.15, -0.1) is 0 Å². The Hall–Kier alpha value is -1.39. The second-order valence-electron chi connectivity index (χ2n) is 4.90. The average molecular weight is 352 g/mol. The number of methoxy groups -OCH3 is 1. The third-order valence-electron chi connectivity index (χ3n) is 3.39. The standard InChI is InChI=1S/C17H19BrFNO/c1-4-20-17(14-9-11(2)5-8-15(14)18)13-7-6-12(21-3)10-16(13)19/h5-10,17,20H,4H2,1-3H3. The zero-order chi connectivity index (χ0) is 15.4. The molecule has 4 heteroatoms. The van der Waals surface area contributed by atoms with Crippen molar-refractivity contribution in [1.29, 1.82) is 0 Å². The summed E-state index contributed by atoms with van der Waals surface area (Å²) in [5, 5.41) is 3.35. The van der Waals surface area contributed by atoms with Gasteiger partial charge < -0.3 is 10.1 Å². The zero-order valence-corrected chi connectivity index (χ0v) is 14.0. The largest absolute Gasteiger partial charge is 0.497 e. The number of hydrogen-bond acceptors (Lipinski definition) is 2. The van der Waals surface area contributed by atoms with E-state index in [-0.39, 0.29) is 11.9 Å². The van der Waals surface area contributed by atoms with Gasteiger partial charge in [0, 0.05) is 16.1 Å². The number of nitrogens with one attached hydrogen (secondary N) is 1. The lowest BCUT2D eigenvalue weighted by molar-refractivity contribution is 0.410. The van der Waals surface area contributed by atoms with E-state index in [0.29, 0.717) is 11.3 Å². The van der Waals surface area contributed by atoms with Gasteiger partial charge in [-0.1, -0.05) is 46.6 Å². The van der Waals surface area contributed by atoms with Crippen molar-refractivity contribution < 1.29 is 9.13 Å². The first-order chi connectivity index (χ1) is 10.1. The van der Waals surface area contributed by atoms with Gasteiger partial charge in [0.1, 0.15) is 11.6 Å². The van der Waals surface area contributed by atoms with Crippen molar-refractivity contribution in [2.75, 3.05) is 13.7 Å². The van der Waals surface area contributed by atoms with Crippen LogP contribution in [-0.2, 0) is 0 Å². The lowest BCUT2D eigenvalue weighted by Gasteiger charge is -2.21. The van der Waals surface area contributed by atoms with Crippen molar-refractivity contribution in [3.05, 3.63) is 63.4 Å². The van der Waals surface area contributed by atoms with E-state index in [2.05, 4.69) is 27.3 Å². The quantitative estimate of drug-likeness (QED) is 0.849. The van der Waals surface area contributed by atoms with E-state index in [1.54, 1.807) is 12.1 Å². The summed E-state index contributed by atoms with van der Waals surface area (Å²) in [6.45, 7) is 4.79. The molecule has 0 bridgehead atoms. The van der Waals surface area contributed by atoms with Crippen molar-refractivity contribution >= 4 is 15.9 Å². The molecule has 0 spiro atoms. The molecule has 0 fully saturated rings. The van der Waals surface area contributed by atoms with Gasteiger partial charge in [-0.2, -0.15) is 0 Å². The van der Waals surface area contributed by atoms with E-state index in [9.17, 15) is 4.39 Å². The fraction of sp³-hybridized carbons (Fsp3) is 0.294. The molecule has 0 amide bonds. The number of halogens is 2. The highest BCUT2D eigenvalue weighted by molar-refractivity contribution is 9.10. The highest BCUT2D eigenvalue weighted by Crippen LogP contribution is 2.32. The van der Waals surface area contributed by atoms with Crippen LogP contribution in [0.2, 0.25) is 0 Å². The molecule has 0 heterocycles. The van der Waals surface area contributed by atoms with Crippen molar-refractivity contribution in [2.45, 2.75) is 19.9 Å². The van der Waals surface area contributed by atoms with Crippen molar-refractivity contribution in [3.63, 3.8) is 0 Å². The van der Waals surface area contributed by atoms with Crippen molar-refractivity contribution in [1.82, 2.24) is 5.32 Å². The summed E-state index contributed by atoms with van der Waals surface area (Å²) in [6, 6.07) is 10.9. The van der Waals surface area contributed by atoms with E-state index in [0.717, 1.165) is 22.1 Å². The van der Waals surface area contributed by atoms with Crippen molar-refractivity contribution in [3.8, 4) is 5.75 Å². The number of aryl methyl sites for hydroxylation is 1. The van der Waals surface area contributed by atoms with Gasteiger partial charge in [0.15, 0.2) is 0 Å². The van der Waals surface area contributed by atoms with Crippen molar-refractivity contribution in [2.24, 2.45) is 0 Å². The Balaban J connectivity index is 2.50. The molecule has 0 saturated carbocycles. The predicted molar refractivity (Wildman–Crippen MR) is 87.4 cm³/mol. The van der Waals surface area contributed by atoms with E-state index in [1.807, 2.05) is 26.0 Å². The van der Waals surface area contributed by atoms with E-state index in [1.165, 1.54) is 13.2 Å². The maximum absolute atomic E-state index is 14.4. The van der Waals surface area contributed by atoms with E-state index in [4.69, 9.17) is 4.74 Å². The van der Waals surface area contributed by atoms with Crippen LogP contribution in [-0.4, -0.2) is 13.7 Å². The minimum absolute atomic E-state index is 0.199. The van der Waals surface area contributed by atoms with E-state index >= 15 is 0 Å². The third kappa shape index (κ3) is 3.63. The van der Waals surface area contributed by atoms with Crippen LogP contribution < -0.4 is 10.1 Å². The Morgan fingerprint density at radius 3 is 2.57 bits per heavy atom. The predicted octanol–water partition coefficient (Wildman–Crippen LogP) is 4.60. The minimum Gasteiger partial charge on any atom is -0.497 e. The Morgan fingerprint density at radius 2 is 1.95 bits per heavy atom. The molecule has 1 unspecified atom stereocenters. The maximum atomic E-state index is 14.4. The monoisotopic (exact) mass is 351 g/mol. The van der Waals surface area contributed by atoms with Crippen LogP contribution in [0.15, 0.2) is 40.9 Å². The Bertz CT molecular complexity index is 630. The van der Waals surface area contributed by atoms with Gasteiger partial charge in [-0.25, -0.2) is 4.39 Å². The number of hydrogen-bond donors (Lipinski definition) is 1. The van der Waals surface area contributed by atoms with Crippen LogP contribution >= 0.6 is 15.9 Å². The first kappa shape index (κ1) is 16.0. The highest BCUT2D eigenvalue weighted by atomic mass is 79.9. The molecule has 2 aromatic carbocycles. The molecule has 112 valence electrons. The lowest BCUT2D eigenvalue weighted by Crippen LogP contribution is -2.23. The fourth-order valence-corrected chi connectivity index (χ4v) is 2.82. The Kier molecular flexibility index (Phi) is 5.37. The summed E-state index contributed by atoms with van der Waals surface area (Å²) in [4.78, 5) is 0. The van der Waals surface area contributed by atoms with Gasteiger partial charge >= 0.3 is 0 Å². The highest BCUT2D eigenvalue weighted by Gasteiger charge is 2.20. The molecular weight excluding hydrogens is 333 g/mol. The number of rotatable bonds is 5. The second-order valence-corrected chi connectivity index (χ2v) is 5.76. The third-order valence-corrected chi connectivity index (χ3v) is 4.11. The molecule has 0 saturated heterocycles. The second kappa shape index (κ2) is 7.05. The molecule has 0 aliphatic carbocycles. The van der Waals surface area contributed by atoms with Crippen LogP contribution in [0.25, 0.3) is 0 Å². The van der Waals surface area contributed by atoms with Gasteiger partial charge in [0.05, 0.1) is 13.2 Å². The minimum atomic E-state index is -0.270. The topological polar surface area (TPSA) is 21.3 Å². The molecule has 0 radical (unpaired) electrons. The smallest absolute Gasteiger partial charge is 0.132 e. The molecule has 2 nitrogen and oxygen atoms in total. The summed E-state index contributed by atoms with van der Waals surface area (Å²) in [5.74, 6) is 0.253. The summed E-state index contributed by atoms with van der Waals surface area (Å²) in [7, 11) is 1.54. The van der Waals surface area contributed by atoms with Crippen LogP contribution in [0.1, 0.15) is 29.7 Å². The summed E-state index contributed by atoms with van der Waals surface area (Å²) in [6.07, 6.45) is 0. The lowest BCUT2D eigenvalue weighted by atomic mass is 9.96. The Morgan fingerprint density at radius 1 is 1.19 bits per heavy atom. The molecule has 0 aliphatic heterocycles. The molecule has 0 aliphatic rings. The molecular formula is C17H19BrFNO. The molecule has 1 N–H and O–H groups in total. The molecule has 0 aromatic heterocycles. The van der Waals surface area contributed by atoms with Gasteiger partial charge in [0.25, 0.3) is 0 Å². The molecule has 2 aromatic rings. The summed E-state index contributed by atoms with van der Waals surface area (Å²) < 4.78 is 20.4. The Labute approximate surface area is 133 Å². The van der Waals surface area contributed by atoms with Gasteiger partial charge in [-0.05, 0) is 31.2 Å². The number of benzene rings is 2. The van der Waals surface area contributed by atoms with Gasteiger partial charge in [-0.3, -0.25) is 0 Å².